The number of aryl methyl sites for hydroxylation is 2. The molecule has 0 radical (unpaired) electrons. The summed E-state index contributed by atoms with van der Waals surface area (Å²) in [5.74, 6) is 0.649. The Morgan fingerprint density at radius 3 is 2.15 bits per heavy atom. The molecule has 26 heavy (non-hydrogen) atoms. The van der Waals surface area contributed by atoms with E-state index in [0.717, 1.165) is 17.5 Å². The molecule has 0 atom stereocenters. The number of amides is 2. The molecule has 1 fully saturated rings. The minimum Gasteiger partial charge on any atom is -0.484 e. The first kappa shape index (κ1) is 20.1. The Labute approximate surface area is 156 Å². The normalized spacial score (nSPS) is 15.4. The lowest BCUT2D eigenvalue weighted by molar-refractivity contribution is -0.133. The van der Waals surface area contributed by atoms with Crippen LogP contribution in [-0.2, 0) is 9.53 Å². The van der Waals surface area contributed by atoms with Crippen LogP contribution in [0, 0.1) is 13.8 Å². The summed E-state index contributed by atoms with van der Waals surface area (Å²) in [6.45, 7) is 11.7. The smallest absolute Gasteiger partial charge is 0.410 e. The number of carbonyl (C=O) groups excluding carboxylic acids is 2. The van der Waals surface area contributed by atoms with Crippen LogP contribution in [0.15, 0.2) is 18.2 Å². The summed E-state index contributed by atoms with van der Waals surface area (Å²) in [6.07, 6.45) is 0.410. The van der Waals surface area contributed by atoms with Gasteiger partial charge in [0.05, 0.1) is 0 Å². The molecule has 1 aliphatic rings. The standard InChI is InChI=1S/C20H30N2O4/c1-15-11-16(2)13-17(12-15)25-14-18(23)21-7-6-8-22(10-9-21)19(24)26-20(3,4)5/h11-13H,6-10,14H2,1-5H3. The largest absolute Gasteiger partial charge is 0.484 e. The first-order chi connectivity index (χ1) is 12.1. The Hall–Kier alpha value is -2.24. The van der Waals surface area contributed by atoms with E-state index in [-0.39, 0.29) is 18.6 Å². The van der Waals surface area contributed by atoms with Crippen molar-refractivity contribution in [1.82, 2.24) is 9.80 Å². The van der Waals surface area contributed by atoms with Crippen LogP contribution in [-0.4, -0.2) is 60.2 Å². The third-order valence-corrected chi connectivity index (χ3v) is 4.06. The Morgan fingerprint density at radius 1 is 0.962 bits per heavy atom. The van der Waals surface area contributed by atoms with Crippen molar-refractivity contribution in [3.8, 4) is 5.75 Å². The number of nitrogens with zero attached hydrogens (tertiary/aromatic N) is 2. The summed E-state index contributed by atoms with van der Waals surface area (Å²) in [5.41, 5.74) is 1.70. The summed E-state index contributed by atoms with van der Waals surface area (Å²) in [7, 11) is 0. The molecule has 2 rings (SSSR count). The molecule has 0 aliphatic carbocycles. The zero-order chi connectivity index (χ0) is 19.3. The monoisotopic (exact) mass is 362 g/mol. The van der Waals surface area contributed by atoms with Crippen molar-refractivity contribution in [2.24, 2.45) is 0 Å². The van der Waals surface area contributed by atoms with E-state index in [1.807, 2.05) is 46.8 Å². The van der Waals surface area contributed by atoms with E-state index in [0.29, 0.717) is 31.9 Å². The number of rotatable bonds is 3. The fourth-order valence-electron chi connectivity index (χ4n) is 2.93. The average molecular weight is 362 g/mol. The van der Waals surface area contributed by atoms with Gasteiger partial charge in [0.25, 0.3) is 5.91 Å². The highest BCUT2D eigenvalue weighted by Crippen LogP contribution is 2.17. The molecule has 6 heteroatoms. The van der Waals surface area contributed by atoms with Gasteiger partial charge in [-0.05, 0) is 64.3 Å². The number of carbonyl (C=O) groups is 2. The minimum atomic E-state index is -0.515. The van der Waals surface area contributed by atoms with Gasteiger partial charge < -0.3 is 19.3 Å². The summed E-state index contributed by atoms with van der Waals surface area (Å²) >= 11 is 0. The number of hydrogen-bond acceptors (Lipinski definition) is 4. The average Bonchev–Trinajstić information content (AvgIpc) is 2.76. The first-order valence-corrected chi connectivity index (χ1v) is 9.11. The number of ether oxygens (including phenoxy) is 2. The van der Waals surface area contributed by atoms with Gasteiger partial charge in [-0.25, -0.2) is 4.79 Å². The van der Waals surface area contributed by atoms with E-state index in [4.69, 9.17) is 9.47 Å². The second-order valence-electron chi connectivity index (χ2n) is 7.81. The van der Waals surface area contributed by atoms with Crippen molar-refractivity contribution < 1.29 is 19.1 Å². The van der Waals surface area contributed by atoms with Crippen LogP contribution in [0.25, 0.3) is 0 Å². The van der Waals surface area contributed by atoms with E-state index in [1.54, 1.807) is 9.80 Å². The summed E-state index contributed by atoms with van der Waals surface area (Å²) in [4.78, 5) is 28.1. The molecule has 1 aliphatic heterocycles. The zero-order valence-corrected chi connectivity index (χ0v) is 16.5. The van der Waals surface area contributed by atoms with Gasteiger partial charge in [-0.2, -0.15) is 0 Å². The van der Waals surface area contributed by atoms with E-state index < -0.39 is 5.60 Å². The summed E-state index contributed by atoms with van der Waals surface area (Å²) < 4.78 is 11.1. The Balaban J connectivity index is 1.86. The third kappa shape index (κ3) is 6.24. The molecule has 0 bridgehead atoms. The van der Waals surface area contributed by atoms with Gasteiger partial charge in [0, 0.05) is 26.2 Å². The van der Waals surface area contributed by atoms with Crippen LogP contribution in [0.4, 0.5) is 4.79 Å². The molecule has 2 amide bonds. The van der Waals surface area contributed by atoms with E-state index in [1.165, 1.54) is 0 Å². The lowest BCUT2D eigenvalue weighted by atomic mass is 10.1. The SMILES string of the molecule is Cc1cc(C)cc(OCC(=O)N2CCCN(C(=O)OC(C)(C)C)CC2)c1. The van der Waals surface area contributed by atoms with Gasteiger partial charge in [-0.1, -0.05) is 6.07 Å². The van der Waals surface area contributed by atoms with Gasteiger partial charge in [0.15, 0.2) is 6.61 Å². The molecule has 0 aromatic heterocycles. The molecule has 0 spiro atoms. The molecule has 1 saturated heterocycles. The lowest BCUT2D eigenvalue weighted by Gasteiger charge is -2.26. The highest BCUT2D eigenvalue weighted by atomic mass is 16.6. The van der Waals surface area contributed by atoms with Crippen molar-refractivity contribution in [2.75, 3.05) is 32.8 Å². The van der Waals surface area contributed by atoms with E-state index in [9.17, 15) is 9.59 Å². The second kappa shape index (κ2) is 8.43. The van der Waals surface area contributed by atoms with Crippen molar-refractivity contribution in [2.45, 2.75) is 46.6 Å². The lowest BCUT2D eigenvalue weighted by Crippen LogP contribution is -2.41. The molecule has 0 N–H and O–H groups in total. The van der Waals surface area contributed by atoms with Crippen molar-refractivity contribution in [3.05, 3.63) is 29.3 Å². The summed E-state index contributed by atoms with van der Waals surface area (Å²) in [6, 6.07) is 5.91. The quantitative estimate of drug-likeness (QED) is 0.829. The van der Waals surface area contributed by atoms with Crippen LogP contribution in [0.2, 0.25) is 0 Å². The van der Waals surface area contributed by atoms with E-state index >= 15 is 0 Å². The maximum atomic E-state index is 12.5. The summed E-state index contributed by atoms with van der Waals surface area (Å²) in [5, 5.41) is 0. The van der Waals surface area contributed by atoms with Crippen molar-refractivity contribution in [3.63, 3.8) is 0 Å². The van der Waals surface area contributed by atoms with Crippen LogP contribution in [0.5, 0.6) is 5.75 Å². The van der Waals surface area contributed by atoms with E-state index in [2.05, 4.69) is 6.07 Å². The molecule has 144 valence electrons. The second-order valence-corrected chi connectivity index (χ2v) is 7.81. The maximum absolute atomic E-state index is 12.5. The number of hydrogen-bond donors (Lipinski definition) is 0. The minimum absolute atomic E-state index is 0.00926. The fourth-order valence-corrected chi connectivity index (χ4v) is 2.93. The molecule has 0 unspecified atom stereocenters. The number of benzene rings is 1. The molecule has 1 aromatic rings. The highest BCUT2D eigenvalue weighted by Gasteiger charge is 2.26. The third-order valence-electron chi connectivity index (χ3n) is 4.06. The molecular weight excluding hydrogens is 332 g/mol. The zero-order valence-electron chi connectivity index (χ0n) is 16.5. The fraction of sp³-hybridized carbons (Fsp3) is 0.600. The van der Waals surface area contributed by atoms with Gasteiger partial charge in [-0.3, -0.25) is 4.79 Å². The topological polar surface area (TPSA) is 59.1 Å². The van der Waals surface area contributed by atoms with Gasteiger partial charge in [0.2, 0.25) is 0 Å². The van der Waals surface area contributed by atoms with Gasteiger partial charge in [0.1, 0.15) is 11.4 Å². The van der Waals surface area contributed by atoms with Crippen LogP contribution < -0.4 is 4.74 Å². The Morgan fingerprint density at radius 2 is 1.54 bits per heavy atom. The Kier molecular flexibility index (Phi) is 6.51. The molecule has 1 heterocycles. The molecule has 0 saturated carbocycles. The first-order valence-electron chi connectivity index (χ1n) is 9.11. The molecule has 1 aromatic carbocycles. The maximum Gasteiger partial charge on any atom is 0.410 e. The predicted molar refractivity (Wildman–Crippen MR) is 100 cm³/mol. The van der Waals surface area contributed by atoms with Crippen molar-refractivity contribution >= 4 is 12.0 Å². The molecule has 6 nitrogen and oxygen atoms in total. The highest BCUT2D eigenvalue weighted by molar-refractivity contribution is 5.78. The molecular formula is C20H30N2O4. The van der Waals surface area contributed by atoms with Gasteiger partial charge in [-0.15, -0.1) is 0 Å². The predicted octanol–water partition coefficient (Wildman–Crippen LogP) is 3.15. The van der Waals surface area contributed by atoms with Crippen molar-refractivity contribution in [1.29, 1.82) is 0 Å². The van der Waals surface area contributed by atoms with Crippen LogP contribution in [0.1, 0.15) is 38.3 Å². The van der Waals surface area contributed by atoms with Gasteiger partial charge >= 0.3 is 6.09 Å². The van der Waals surface area contributed by atoms with Crippen LogP contribution in [0.3, 0.4) is 0 Å². The van der Waals surface area contributed by atoms with Crippen LogP contribution >= 0.6 is 0 Å². The Bertz CT molecular complexity index is 631.